The lowest BCUT2D eigenvalue weighted by Gasteiger charge is -2.30. The minimum atomic E-state index is -0.649. The van der Waals surface area contributed by atoms with E-state index in [1.54, 1.807) is 4.90 Å². The predicted octanol–water partition coefficient (Wildman–Crippen LogP) is 9.69. The number of nitrogens with one attached hydrogen (secondary N) is 3. The minimum Gasteiger partial charge on any atom is -0.453 e. The van der Waals surface area contributed by atoms with Crippen LogP contribution in [-0.4, -0.2) is 69.7 Å². The molecule has 1 aliphatic rings. The number of fused-ring (bicyclic) bond motifs is 1. The number of ether oxygens (including phenoxy) is 2. The number of nitrogens with zero attached hydrogens (tertiary/aromatic N) is 2. The van der Waals surface area contributed by atoms with Crippen molar-refractivity contribution in [1.29, 1.82) is 0 Å². The zero-order valence-corrected chi connectivity index (χ0v) is 32.5. The van der Waals surface area contributed by atoms with Crippen LogP contribution < -0.4 is 5.32 Å². The Hall–Kier alpha value is -5.51. The molecule has 2 unspecified atom stereocenters. The van der Waals surface area contributed by atoms with Gasteiger partial charge in [0.15, 0.2) is 0 Å². The normalized spacial score (nSPS) is 15.0. The highest BCUT2D eigenvalue weighted by Crippen LogP contribution is 2.35. The van der Waals surface area contributed by atoms with Crippen molar-refractivity contribution in [3.63, 3.8) is 0 Å². The van der Waals surface area contributed by atoms with Crippen LogP contribution in [0.15, 0.2) is 84.9 Å². The Bertz CT molecular complexity index is 2090. The quantitative estimate of drug-likeness (QED) is 0.125. The molecule has 54 heavy (non-hydrogen) atoms. The Morgan fingerprint density at radius 2 is 1.48 bits per heavy atom. The largest absolute Gasteiger partial charge is 0.453 e. The predicted molar refractivity (Wildman–Crippen MR) is 214 cm³/mol. The van der Waals surface area contributed by atoms with Gasteiger partial charge in [-0.1, -0.05) is 69.3 Å². The Kier molecular flexibility index (Phi) is 11.5. The Morgan fingerprint density at radius 3 is 2.15 bits per heavy atom. The summed E-state index contributed by atoms with van der Waals surface area (Å²) in [4.78, 5) is 49.0. The number of rotatable bonds is 11. The first-order valence-corrected chi connectivity index (χ1v) is 19.0. The van der Waals surface area contributed by atoms with Crippen LogP contribution in [0.3, 0.4) is 0 Å². The maximum atomic E-state index is 13.6. The van der Waals surface area contributed by atoms with Gasteiger partial charge in [-0.05, 0) is 115 Å². The number of hydrogen-bond donors (Lipinski definition) is 3. The highest BCUT2D eigenvalue weighted by atomic mass is 16.6. The Labute approximate surface area is 318 Å². The molecule has 3 heterocycles. The molecule has 5 aromatic rings. The van der Waals surface area contributed by atoms with Gasteiger partial charge in [0.2, 0.25) is 5.91 Å². The third-order valence-corrected chi connectivity index (χ3v) is 9.93. The van der Waals surface area contributed by atoms with E-state index in [2.05, 4.69) is 101 Å². The molecule has 1 aliphatic heterocycles. The fourth-order valence-electron chi connectivity index (χ4n) is 7.18. The SMILES string of the molecule is CCCN(Cc1ccc(-c2ccc(-c3ccc4cc(-c5ccc(C6CCCN6C(=O)C(NC(=O)OC)C(C)C)[nH]5)ccc4c3)cc2)[nH]1)C(=O)OC(C)(C)C. The number of amides is 3. The molecule has 0 aliphatic carbocycles. The van der Waals surface area contributed by atoms with Crippen LogP contribution in [0.5, 0.6) is 0 Å². The monoisotopic (exact) mass is 731 g/mol. The fraction of sp³-hybridized carbons (Fsp3) is 0.386. The second kappa shape index (κ2) is 16.2. The van der Waals surface area contributed by atoms with Gasteiger partial charge in [0.05, 0.1) is 19.7 Å². The molecule has 3 amide bonds. The van der Waals surface area contributed by atoms with Gasteiger partial charge in [0, 0.05) is 35.9 Å². The van der Waals surface area contributed by atoms with E-state index >= 15 is 0 Å². The molecule has 3 N–H and O–H groups in total. The van der Waals surface area contributed by atoms with E-state index in [0.717, 1.165) is 75.1 Å². The van der Waals surface area contributed by atoms with Gasteiger partial charge in [0.1, 0.15) is 11.6 Å². The number of likely N-dealkylation sites (tertiary alicyclic amines) is 1. The molecule has 10 heteroatoms. The molecule has 3 aromatic carbocycles. The number of alkyl carbamates (subject to hydrolysis) is 1. The average Bonchev–Trinajstić information content (AvgIpc) is 3.94. The van der Waals surface area contributed by atoms with Crippen molar-refractivity contribution < 1.29 is 23.9 Å². The third kappa shape index (κ3) is 8.81. The molecular weight excluding hydrogens is 679 g/mol. The smallest absolute Gasteiger partial charge is 0.410 e. The lowest BCUT2D eigenvalue weighted by atomic mass is 9.98. The van der Waals surface area contributed by atoms with E-state index in [1.807, 2.05) is 45.6 Å². The summed E-state index contributed by atoms with van der Waals surface area (Å²) in [6.45, 7) is 13.3. The minimum absolute atomic E-state index is 0.0746. The maximum absolute atomic E-state index is 13.6. The maximum Gasteiger partial charge on any atom is 0.410 e. The summed E-state index contributed by atoms with van der Waals surface area (Å²) in [6.07, 6.45) is 1.70. The lowest BCUT2D eigenvalue weighted by Crippen LogP contribution is -2.51. The average molecular weight is 732 g/mol. The van der Waals surface area contributed by atoms with Crippen LogP contribution in [0.1, 0.15) is 78.2 Å². The Balaban J connectivity index is 1.13. The first-order chi connectivity index (χ1) is 25.8. The van der Waals surface area contributed by atoms with Crippen molar-refractivity contribution in [2.45, 2.75) is 85.0 Å². The van der Waals surface area contributed by atoms with Crippen LogP contribution in [0.25, 0.3) is 44.4 Å². The first kappa shape index (κ1) is 38.2. The molecule has 0 saturated carbocycles. The molecule has 0 radical (unpaired) electrons. The Morgan fingerprint density at radius 1 is 0.852 bits per heavy atom. The second-order valence-electron chi connectivity index (χ2n) is 15.5. The van der Waals surface area contributed by atoms with Gasteiger partial charge >= 0.3 is 12.2 Å². The molecule has 6 rings (SSSR count). The van der Waals surface area contributed by atoms with Crippen molar-refractivity contribution in [3.05, 3.63) is 96.3 Å². The summed E-state index contributed by atoms with van der Waals surface area (Å²) in [5.41, 5.74) is 7.81. The highest BCUT2D eigenvalue weighted by molar-refractivity contribution is 5.91. The molecule has 2 aromatic heterocycles. The van der Waals surface area contributed by atoms with Crippen LogP contribution >= 0.6 is 0 Å². The summed E-state index contributed by atoms with van der Waals surface area (Å²) in [5.74, 6) is -0.163. The number of H-pyrrole nitrogens is 2. The van der Waals surface area contributed by atoms with Crippen molar-refractivity contribution in [2.75, 3.05) is 20.2 Å². The summed E-state index contributed by atoms with van der Waals surface area (Å²) >= 11 is 0. The van der Waals surface area contributed by atoms with Crippen LogP contribution in [0, 0.1) is 5.92 Å². The van der Waals surface area contributed by atoms with E-state index in [4.69, 9.17) is 9.47 Å². The summed E-state index contributed by atoms with van der Waals surface area (Å²) < 4.78 is 10.4. The highest BCUT2D eigenvalue weighted by Gasteiger charge is 2.36. The van der Waals surface area contributed by atoms with Crippen molar-refractivity contribution in [2.24, 2.45) is 5.92 Å². The van der Waals surface area contributed by atoms with E-state index in [1.165, 1.54) is 7.11 Å². The number of aromatic amines is 2. The van der Waals surface area contributed by atoms with Gasteiger partial charge in [-0.15, -0.1) is 0 Å². The molecular formula is C44H53N5O5. The van der Waals surface area contributed by atoms with Crippen LogP contribution in [0.4, 0.5) is 9.59 Å². The number of carbonyl (C=O) groups is 3. The summed E-state index contributed by atoms with van der Waals surface area (Å²) in [6, 6.07) is 29.0. The molecule has 284 valence electrons. The number of methoxy groups -OCH3 is 1. The number of hydrogen-bond acceptors (Lipinski definition) is 5. The molecule has 0 bridgehead atoms. The van der Waals surface area contributed by atoms with Gasteiger partial charge < -0.3 is 34.6 Å². The van der Waals surface area contributed by atoms with E-state index in [0.29, 0.717) is 19.6 Å². The zero-order chi connectivity index (χ0) is 38.6. The molecule has 1 saturated heterocycles. The van der Waals surface area contributed by atoms with Crippen LogP contribution in [-0.2, 0) is 20.8 Å². The molecule has 0 spiro atoms. The fourth-order valence-corrected chi connectivity index (χ4v) is 7.18. The van der Waals surface area contributed by atoms with Crippen molar-refractivity contribution >= 4 is 28.9 Å². The third-order valence-electron chi connectivity index (χ3n) is 9.93. The summed E-state index contributed by atoms with van der Waals surface area (Å²) in [5, 5.41) is 5.01. The first-order valence-electron chi connectivity index (χ1n) is 19.0. The topological polar surface area (TPSA) is 120 Å². The van der Waals surface area contributed by atoms with Crippen molar-refractivity contribution in [1.82, 2.24) is 25.1 Å². The number of aromatic nitrogens is 2. The molecule has 10 nitrogen and oxygen atoms in total. The molecule has 2 atom stereocenters. The van der Waals surface area contributed by atoms with E-state index in [-0.39, 0.29) is 24.0 Å². The van der Waals surface area contributed by atoms with E-state index in [9.17, 15) is 14.4 Å². The standard InChI is InChI=1S/C44H53N5O5/c1-8-23-48(43(52)54-44(4,5)6)27-35-19-20-36(45-35)30-13-11-29(12-14-30)31-15-16-33-26-34(18-17-32(33)25-31)37-21-22-38(46-37)39-10-9-24-49(39)41(50)40(28(2)3)47-42(51)53-7/h11-22,25-26,28,39-40,45-46H,8-10,23-24,27H2,1-7H3,(H,47,51). The van der Waals surface area contributed by atoms with Gasteiger partial charge in [-0.25, -0.2) is 9.59 Å². The van der Waals surface area contributed by atoms with Crippen molar-refractivity contribution in [3.8, 4) is 33.6 Å². The van der Waals surface area contributed by atoms with E-state index < -0.39 is 17.7 Å². The lowest BCUT2D eigenvalue weighted by molar-refractivity contribution is -0.135. The van der Waals surface area contributed by atoms with Gasteiger partial charge in [0.25, 0.3) is 0 Å². The van der Waals surface area contributed by atoms with Gasteiger partial charge in [-0.3, -0.25) is 4.79 Å². The van der Waals surface area contributed by atoms with Crippen LogP contribution in [0.2, 0.25) is 0 Å². The molecule has 1 fully saturated rings. The second-order valence-corrected chi connectivity index (χ2v) is 15.5. The van der Waals surface area contributed by atoms with Gasteiger partial charge in [-0.2, -0.15) is 0 Å². The number of benzene rings is 3. The summed E-state index contributed by atoms with van der Waals surface area (Å²) in [7, 11) is 1.31. The number of carbonyl (C=O) groups excluding carboxylic acids is 3. The zero-order valence-electron chi connectivity index (χ0n) is 32.5.